The molecule has 7 nitrogen and oxygen atoms in total. The van der Waals surface area contributed by atoms with Gasteiger partial charge in [0.25, 0.3) is 5.91 Å². The largest absolute Gasteiger partial charge is 0.455 e. The Balaban J connectivity index is 2.54. The molecule has 0 unspecified atom stereocenters. The third-order valence-corrected chi connectivity index (χ3v) is 4.62. The van der Waals surface area contributed by atoms with Crippen molar-refractivity contribution in [3.8, 4) is 0 Å². The lowest BCUT2D eigenvalue weighted by Gasteiger charge is -2.20. The highest BCUT2D eigenvalue weighted by Crippen LogP contribution is 2.24. The van der Waals surface area contributed by atoms with Crippen LogP contribution in [0.3, 0.4) is 0 Å². The maximum atomic E-state index is 12.0. The van der Waals surface area contributed by atoms with Gasteiger partial charge in [-0.2, -0.15) is 4.72 Å². The zero-order valence-electron chi connectivity index (χ0n) is 13.4. The third-order valence-electron chi connectivity index (χ3n) is 2.49. The highest BCUT2D eigenvalue weighted by atomic mass is 35.5. The van der Waals surface area contributed by atoms with Gasteiger partial charge in [0.05, 0.1) is 14.9 Å². The normalized spacial score (nSPS) is 11.9. The van der Waals surface area contributed by atoms with Gasteiger partial charge in [0.2, 0.25) is 10.0 Å². The van der Waals surface area contributed by atoms with E-state index >= 15 is 0 Å². The van der Waals surface area contributed by atoms with Crippen LogP contribution < -0.4 is 10.0 Å². The first-order valence-corrected chi connectivity index (χ1v) is 9.06. The van der Waals surface area contributed by atoms with Crippen LogP contribution >= 0.6 is 23.2 Å². The lowest BCUT2D eigenvalue weighted by molar-refractivity contribution is -0.147. The zero-order chi connectivity index (χ0) is 18.5. The molecule has 1 amide bonds. The molecule has 0 spiro atoms. The summed E-state index contributed by atoms with van der Waals surface area (Å²) in [4.78, 5) is 22.9. The van der Waals surface area contributed by atoms with Crippen LogP contribution in [-0.4, -0.2) is 39.0 Å². The number of hydrogen-bond acceptors (Lipinski definition) is 5. The molecular formula is C14H18Cl2N2O5S. The van der Waals surface area contributed by atoms with Crippen LogP contribution in [0, 0.1) is 0 Å². The van der Waals surface area contributed by atoms with Crippen LogP contribution in [0.4, 0.5) is 0 Å². The summed E-state index contributed by atoms with van der Waals surface area (Å²) in [7, 11) is -3.96. The minimum atomic E-state index is -3.96. The first kappa shape index (κ1) is 20.7. The molecule has 1 aromatic carbocycles. The Bertz CT molecular complexity index is 729. The Hall–Kier alpha value is -1.35. The van der Waals surface area contributed by atoms with E-state index in [2.05, 4.69) is 10.0 Å². The fourth-order valence-electron chi connectivity index (χ4n) is 1.53. The van der Waals surface area contributed by atoms with Gasteiger partial charge in [0.1, 0.15) is 6.54 Å². The zero-order valence-corrected chi connectivity index (χ0v) is 15.7. The quantitative estimate of drug-likeness (QED) is 0.712. The summed E-state index contributed by atoms with van der Waals surface area (Å²) in [5.74, 6) is -1.37. The van der Waals surface area contributed by atoms with Crippen LogP contribution in [-0.2, 0) is 24.3 Å². The number of rotatable bonds is 6. The highest BCUT2D eigenvalue weighted by molar-refractivity contribution is 7.89. The van der Waals surface area contributed by atoms with Crippen molar-refractivity contribution in [2.45, 2.75) is 31.2 Å². The number of benzene rings is 1. The molecule has 10 heteroatoms. The van der Waals surface area contributed by atoms with Crippen LogP contribution in [0.1, 0.15) is 20.8 Å². The second kappa shape index (κ2) is 8.15. The van der Waals surface area contributed by atoms with Crippen molar-refractivity contribution in [2.75, 3.05) is 13.2 Å². The minimum absolute atomic E-state index is 0.0703. The van der Waals surface area contributed by atoms with Gasteiger partial charge in [0.15, 0.2) is 6.61 Å². The molecule has 134 valence electrons. The van der Waals surface area contributed by atoms with Crippen molar-refractivity contribution >= 4 is 45.1 Å². The van der Waals surface area contributed by atoms with Crippen molar-refractivity contribution in [1.82, 2.24) is 10.0 Å². The van der Waals surface area contributed by atoms with Crippen molar-refractivity contribution in [3.05, 3.63) is 28.2 Å². The van der Waals surface area contributed by atoms with E-state index in [9.17, 15) is 18.0 Å². The molecule has 1 rings (SSSR count). The fraction of sp³-hybridized carbons (Fsp3) is 0.429. The van der Waals surface area contributed by atoms with Gasteiger partial charge in [0, 0.05) is 5.54 Å². The summed E-state index contributed by atoms with van der Waals surface area (Å²) in [6.07, 6.45) is 0. The van der Waals surface area contributed by atoms with Gasteiger partial charge in [-0.15, -0.1) is 0 Å². The highest BCUT2D eigenvalue weighted by Gasteiger charge is 2.19. The lowest BCUT2D eigenvalue weighted by atomic mass is 10.1. The molecule has 0 fully saturated rings. The van der Waals surface area contributed by atoms with Crippen LogP contribution in [0.15, 0.2) is 23.1 Å². The van der Waals surface area contributed by atoms with E-state index in [0.717, 1.165) is 6.07 Å². The second-order valence-electron chi connectivity index (χ2n) is 5.86. The molecule has 2 N–H and O–H groups in total. The van der Waals surface area contributed by atoms with Gasteiger partial charge < -0.3 is 10.1 Å². The summed E-state index contributed by atoms with van der Waals surface area (Å²) >= 11 is 11.5. The van der Waals surface area contributed by atoms with Gasteiger partial charge in [-0.05, 0) is 39.0 Å². The summed E-state index contributed by atoms with van der Waals surface area (Å²) in [5, 5.41) is 2.88. The van der Waals surface area contributed by atoms with E-state index in [1.807, 2.05) is 0 Å². The smallest absolute Gasteiger partial charge is 0.321 e. The number of carbonyl (C=O) groups is 2. The molecule has 0 radical (unpaired) electrons. The number of nitrogens with one attached hydrogen (secondary N) is 2. The Morgan fingerprint density at radius 1 is 1.17 bits per heavy atom. The summed E-state index contributed by atoms with van der Waals surface area (Å²) in [5.41, 5.74) is -0.459. The van der Waals surface area contributed by atoms with E-state index in [4.69, 9.17) is 27.9 Å². The maximum Gasteiger partial charge on any atom is 0.321 e. The fourth-order valence-corrected chi connectivity index (χ4v) is 2.89. The summed E-state index contributed by atoms with van der Waals surface area (Å²) < 4.78 is 30.8. The van der Waals surface area contributed by atoms with Crippen molar-refractivity contribution in [2.24, 2.45) is 0 Å². The molecule has 0 heterocycles. The molecule has 0 aromatic heterocycles. The summed E-state index contributed by atoms with van der Waals surface area (Å²) in [6.45, 7) is 4.21. The SMILES string of the molecule is CC(C)(C)NC(=O)COC(=O)CNS(=O)(=O)c1ccc(Cl)c(Cl)c1. The van der Waals surface area contributed by atoms with E-state index in [1.165, 1.54) is 12.1 Å². The first-order valence-electron chi connectivity index (χ1n) is 6.82. The molecule has 0 aliphatic heterocycles. The Morgan fingerprint density at radius 3 is 2.33 bits per heavy atom. The van der Waals surface area contributed by atoms with E-state index in [1.54, 1.807) is 20.8 Å². The average Bonchev–Trinajstić information content (AvgIpc) is 2.44. The van der Waals surface area contributed by atoms with Gasteiger partial charge in [-0.3, -0.25) is 9.59 Å². The van der Waals surface area contributed by atoms with Crippen LogP contribution in [0.2, 0.25) is 10.0 Å². The maximum absolute atomic E-state index is 12.0. The molecule has 0 aliphatic carbocycles. The Labute approximate surface area is 150 Å². The Kier molecular flexibility index (Phi) is 7.03. The first-order chi connectivity index (χ1) is 10.9. The molecule has 24 heavy (non-hydrogen) atoms. The number of hydrogen-bond donors (Lipinski definition) is 2. The molecule has 0 saturated carbocycles. The van der Waals surface area contributed by atoms with Crippen molar-refractivity contribution in [1.29, 1.82) is 0 Å². The molecule has 0 saturated heterocycles. The monoisotopic (exact) mass is 396 g/mol. The molecular weight excluding hydrogens is 379 g/mol. The number of carbonyl (C=O) groups excluding carboxylic acids is 2. The van der Waals surface area contributed by atoms with E-state index in [-0.39, 0.29) is 14.9 Å². The van der Waals surface area contributed by atoms with Crippen molar-refractivity contribution in [3.63, 3.8) is 0 Å². The molecule has 0 aliphatic rings. The van der Waals surface area contributed by atoms with Crippen LogP contribution in [0.5, 0.6) is 0 Å². The average molecular weight is 397 g/mol. The van der Waals surface area contributed by atoms with Gasteiger partial charge >= 0.3 is 5.97 Å². The van der Waals surface area contributed by atoms with Crippen molar-refractivity contribution < 1.29 is 22.7 Å². The lowest BCUT2D eigenvalue weighted by Crippen LogP contribution is -2.43. The van der Waals surface area contributed by atoms with Crippen LogP contribution in [0.25, 0.3) is 0 Å². The number of halogens is 2. The minimum Gasteiger partial charge on any atom is -0.455 e. The summed E-state index contributed by atoms with van der Waals surface area (Å²) in [6, 6.07) is 3.74. The van der Waals surface area contributed by atoms with Gasteiger partial charge in [-0.1, -0.05) is 23.2 Å². The topological polar surface area (TPSA) is 102 Å². The number of amides is 1. The third kappa shape index (κ3) is 7.04. The Morgan fingerprint density at radius 2 is 1.79 bits per heavy atom. The molecule has 1 aromatic rings. The standard InChI is InChI=1S/C14H18Cl2N2O5S/c1-14(2,3)18-12(19)8-23-13(20)7-17-24(21,22)9-4-5-10(15)11(16)6-9/h4-6,17H,7-8H2,1-3H3,(H,18,19). The number of sulfonamides is 1. The number of esters is 1. The molecule has 0 bridgehead atoms. The van der Waals surface area contributed by atoms with E-state index in [0.29, 0.717) is 0 Å². The predicted molar refractivity (Wildman–Crippen MR) is 90.5 cm³/mol. The van der Waals surface area contributed by atoms with E-state index < -0.39 is 40.6 Å². The predicted octanol–water partition coefficient (Wildman–Crippen LogP) is 1.73. The second-order valence-corrected chi connectivity index (χ2v) is 8.44. The molecule has 0 atom stereocenters. The van der Waals surface area contributed by atoms with Gasteiger partial charge in [-0.25, -0.2) is 8.42 Å². The number of ether oxygens (including phenoxy) is 1.